The van der Waals surface area contributed by atoms with Crippen LogP contribution in [0.1, 0.15) is 29.1 Å². The van der Waals surface area contributed by atoms with E-state index in [4.69, 9.17) is 18.9 Å². The quantitative estimate of drug-likeness (QED) is 0.405. The van der Waals surface area contributed by atoms with E-state index in [1.54, 1.807) is 18.2 Å². The average molecular weight is 470 g/mol. The number of rotatable bonds is 10. The van der Waals surface area contributed by atoms with Crippen LogP contribution in [0.4, 0.5) is 5.00 Å². The molecule has 3 aromatic rings. The van der Waals surface area contributed by atoms with E-state index in [-0.39, 0.29) is 6.61 Å². The SMILES string of the molecule is CCOc1ccc(-c2c(C)sc(NC(=O)COc3ccccc3OCC)c2C(=O)OC)cc1. The Balaban J connectivity index is 1.82. The van der Waals surface area contributed by atoms with Crippen LogP contribution in [0.15, 0.2) is 48.5 Å². The maximum atomic E-state index is 12.7. The van der Waals surface area contributed by atoms with Crippen molar-refractivity contribution in [3.8, 4) is 28.4 Å². The lowest BCUT2D eigenvalue weighted by molar-refractivity contribution is -0.118. The highest BCUT2D eigenvalue weighted by Crippen LogP contribution is 2.40. The molecule has 1 aromatic heterocycles. The van der Waals surface area contributed by atoms with Gasteiger partial charge in [0.15, 0.2) is 18.1 Å². The van der Waals surface area contributed by atoms with Gasteiger partial charge < -0.3 is 24.3 Å². The molecule has 0 unspecified atom stereocenters. The number of hydrogen-bond acceptors (Lipinski definition) is 7. The molecule has 3 rings (SSSR count). The zero-order valence-electron chi connectivity index (χ0n) is 19.1. The summed E-state index contributed by atoms with van der Waals surface area (Å²) in [5.74, 6) is 0.854. The number of amides is 1. The summed E-state index contributed by atoms with van der Waals surface area (Å²) in [6, 6.07) is 14.6. The van der Waals surface area contributed by atoms with Gasteiger partial charge >= 0.3 is 5.97 Å². The minimum Gasteiger partial charge on any atom is -0.494 e. The van der Waals surface area contributed by atoms with Gasteiger partial charge in [-0.15, -0.1) is 11.3 Å². The Kier molecular flexibility index (Phi) is 8.32. The number of methoxy groups -OCH3 is 1. The van der Waals surface area contributed by atoms with Gasteiger partial charge in [0.1, 0.15) is 16.3 Å². The van der Waals surface area contributed by atoms with Crippen LogP contribution >= 0.6 is 11.3 Å². The third kappa shape index (κ3) is 5.84. The number of thiophene rings is 1. The van der Waals surface area contributed by atoms with Gasteiger partial charge in [0.2, 0.25) is 0 Å². The molecule has 0 saturated carbocycles. The summed E-state index contributed by atoms with van der Waals surface area (Å²) >= 11 is 1.31. The highest BCUT2D eigenvalue weighted by atomic mass is 32.1. The molecule has 0 radical (unpaired) electrons. The first-order valence-electron chi connectivity index (χ1n) is 10.6. The molecule has 7 nitrogen and oxygen atoms in total. The molecule has 0 aliphatic heterocycles. The molecule has 1 N–H and O–H groups in total. The topological polar surface area (TPSA) is 83.1 Å². The van der Waals surface area contributed by atoms with Crippen molar-refractivity contribution < 1.29 is 28.5 Å². The normalized spacial score (nSPS) is 10.4. The van der Waals surface area contributed by atoms with E-state index in [9.17, 15) is 9.59 Å². The summed E-state index contributed by atoms with van der Waals surface area (Å²) in [5.41, 5.74) is 1.86. The van der Waals surface area contributed by atoms with Crippen molar-refractivity contribution in [2.24, 2.45) is 0 Å². The van der Waals surface area contributed by atoms with Crippen LogP contribution in [0.25, 0.3) is 11.1 Å². The molecular formula is C25H27NO6S. The number of nitrogens with one attached hydrogen (secondary N) is 1. The third-order valence-corrected chi connectivity index (χ3v) is 5.71. The van der Waals surface area contributed by atoms with Gasteiger partial charge in [0.05, 0.1) is 20.3 Å². The number of anilines is 1. The predicted molar refractivity (Wildman–Crippen MR) is 129 cm³/mol. The molecule has 0 bridgehead atoms. The van der Waals surface area contributed by atoms with Gasteiger partial charge in [0, 0.05) is 10.4 Å². The Morgan fingerprint density at radius 2 is 1.55 bits per heavy atom. The molecule has 174 valence electrons. The van der Waals surface area contributed by atoms with Gasteiger partial charge in [-0.05, 0) is 50.6 Å². The maximum absolute atomic E-state index is 12.7. The van der Waals surface area contributed by atoms with Crippen LogP contribution in [0.2, 0.25) is 0 Å². The number of carbonyl (C=O) groups excluding carboxylic acids is 2. The first-order valence-corrected chi connectivity index (χ1v) is 11.4. The number of esters is 1. The van der Waals surface area contributed by atoms with Gasteiger partial charge in [-0.3, -0.25) is 4.79 Å². The van der Waals surface area contributed by atoms with Crippen LogP contribution < -0.4 is 19.5 Å². The summed E-state index contributed by atoms with van der Waals surface area (Å²) in [7, 11) is 1.32. The Morgan fingerprint density at radius 3 is 2.15 bits per heavy atom. The second kappa shape index (κ2) is 11.4. The lowest BCUT2D eigenvalue weighted by Crippen LogP contribution is -2.21. The van der Waals surface area contributed by atoms with E-state index in [0.717, 1.165) is 16.2 Å². The molecule has 33 heavy (non-hydrogen) atoms. The number of benzene rings is 2. The van der Waals surface area contributed by atoms with Crippen LogP contribution in [-0.2, 0) is 9.53 Å². The number of ether oxygens (including phenoxy) is 4. The van der Waals surface area contributed by atoms with Crippen molar-refractivity contribution in [1.82, 2.24) is 0 Å². The predicted octanol–water partition coefficient (Wildman–Crippen LogP) is 5.33. The summed E-state index contributed by atoms with van der Waals surface area (Å²) < 4.78 is 21.7. The second-order valence-corrected chi connectivity index (χ2v) is 8.13. The number of hydrogen-bond donors (Lipinski definition) is 1. The van der Waals surface area contributed by atoms with Crippen LogP contribution in [0, 0.1) is 6.92 Å². The first-order chi connectivity index (χ1) is 16.0. The largest absolute Gasteiger partial charge is 0.494 e. The van der Waals surface area contributed by atoms with E-state index < -0.39 is 11.9 Å². The van der Waals surface area contributed by atoms with Gasteiger partial charge in [-0.2, -0.15) is 0 Å². The number of aryl methyl sites for hydroxylation is 1. The van der Waals surface area contributed by atoms with E-state index in [1.807, 2.05) is 51.1 Å². The fourth-order valence-corrected chi connectivity index (χ4v) is 4.39. The highest BCUT2D eigenvalue weighted by Gasteiger charge is 2.25. The van der Waals surface area contributed by atoms with Crippen molar-refractivity contribution in [2.45, 2.75) is 20.8 Å². The van der Waals surface area contributed by atoms with Crippen LogP contribution in [0.3, 0.4) is 0 Å². The Hall–Kier alpha value is -3.52. The summed E-state index contributed by atoms with van der Waals surface area (Å²) in [6.45, 7) is 6.50. The van der Waals surface area contributed by atoms with Crippen molar-refractivity contribution in [1.29, 1.82) is 0 Å². The van der Waals surface area contributed by atoms with Crippen molar-refractivity contribution in [2.75, 3.05) is 32.2 Å². The molecule has 1 amide bonds. The summed E-state index contributed by atoms with van der Waals surface area (Å²) in [6.07, 6.45) is 0. The second-order valence-electron chi connectivity index (χ2n) is 6.90. The molecular weight excluding hydrogens is 442 g/mol. The summed E-state index contributed by atoms with van der Waals surface area (Å²) in [4.78, 5) is 26.2. The van der Waals surface area contributed by atoms with Crippen molar-refractivity contribution in [3.05, 3.63) is 59.0 Å². The zero-order valence-corrected chi connectivity index (χ0v) is 19.9. The smallest absolute Gasteiger partial charge is 0.341 e. The number of para-hydroxylation sites is 2. The summed E-state index contributed by atoms with van der Waals surface area (Å²) in [5, 5.41) is 3.21. The fraction of sp³-hybridized carbons (Fsp3) is 0.280. The highest BCUT2D eigenvalue weighted by molar-refractivity contribution is 7.17. The van der Waals surface area contributed by atoms with Crippen molar-refractivity contribution >= 4 is 28.2 Å². The van der Waals surface area contributed by atoms with Gasteiger partial charge in [-0.1, -0.05) is 24.3 Å². The van der Waals surface area contributed by atoms with Crippen LogP contribution in [0.5, 0.6) is 17.2 Å². The molecule has 0 aliphatic rings. The Labute approximate surface area is 197 Å². The molecule has 0 aliphatic carbocycles. The fourth-order valence-electron chi connectivity index (χ4n) is 3.31. The lowest BCUT2D eigenvalue weighted by atomic mass is 10.0. The molecule has 0 saturated heterocycles. The molecule has 2 aromatic carbocycles. The van der Waals surface area contributed by atoms with E-state index in [1.165, 1.54) is 18.4 Å². The van der Waals surface area contributed by atoms with Gasteiger partial charge in [0.25, 0.3) is 5.91 Å². The Bertz CT molecular complexity index is 1110. The first kappa shape index (κ1) is 24.1. The third-order valence-electron chi connectivity index (χ3n) is 4.69. The van der Waals surface area contributed by atoms with Crippen LogP contribution in [-0.4, -0.2) is 38.8 Å². The minimum absolute atomic E-state index is 0.236. The maximum Gasteiger partial charge on any atom is 0.341 e. The average Bonchev–Trinajstić information content (AvgIpc) is 3.14. The minimum atomic E-state index is -0.527. The molecule has 0 fully saturated rings. The van der Waals surface area contributed by atoms with E-state index in [0.29, 0.717) is 40.8 Å². The van der Waals surface area contributed by atoms with Crippen molar-refractivity contribution in [3.63, 3.8) is 0 Å². The van der Waals surface area contributed by atoms with Gasteiger partial charge in [-0.25, -0.2) is 4.79 Å². The number of carbonyl (C=O) groups is 2. The molecule has 0 atom stereocenters. The molecule has 1 heterocycles. The van der Waals surface area contributed by atoms with E-state index in [2.05, 4.69) is 5.32 Å². The monoisotopic (exact) mass is 469 g/mol. The Morgan fingerprint density at radius 1 is 0.909 bits per heavy atom. The lowest BCUT2D eigenvalue weighted by Gasteiger charge is -2.12. The zero-order chi connectivity index (χ0) is 23.8. The molecule has 8 heteroatoms. The standard InChI is InChI=1S/C25H27NO6S/c1-5-30-18-13-11-17(12-14-18)22-16(3)33-24(23(22)25(28)29-4)26-21(27)15-32-20-10-8-7-9-19(20)31-6-2/h7-14H,5-6,15H2,1-4H3,(H,26,27). The molecule has 0 spiro atoms. The van der Waals surface area contributed by atoms with E-state index >= 15 is 0 Å².